The van der Waals surface area contributed by atoms with Gasteiger partial charge in [-0.05, 0) is 18.2 Å². The van der Waals surface area contributed by atoms with E-state index in [4.69, 9.17) is 22.2 Å². The summed E-state index contributed by atoms with van der Waals surface area (Å²) in [7, 11) is 1.95. The summed E-state index contributed by atoms with van der Waals surface area (Å²) >= 11 is 5.90. The fourth-order valence-electron chi connectivity index (χ4n) is 1.73. The lowest BCUT2D eigenvalue weighted by atomic mass is 10.2. The van der Waals surface area contributed by atoms with Crippen LogP contribution in [0.1, 0.15) is 5.82 Å². The minimum Gasteiger partial charge on any atom is -0.492 e. The van der Waals surface area contributed by atoms with Gasteiger partial charge in [0.1, 0.15) is 18.2 Å². The van der Waals surface area contributed by atoms with Crippen LogP contribution in [0.15, 0.2) is 36.7 Å². The molecule has 6 heteroatoms. The van der Waals surface area contributed by atoms with Crippen LogP contribution in [-0.4, -0.2) is 22.2 Å². The highest BCUT2D eigenvalue weighted by Crippen LogP contribution is 2.17. The average molecular weight is 281 g/mol. The van der Waals surface area contributed by atoms with Gasteiger partial charge in [-0.2, -0.15) is 0 Å². The molecule has 0 spiro atoms. The summed E-state index contributed by atoms with van der Waals surface area (Å²) in [6, 6.07) is 7.28. The molecule has 0 aliphatic carbocycles. The molecule has 1 atom stereocenters. The van der Waals surface area contributed by atoms with Gasteiger partial charge >= 0.3 is 0 Å². The molecule has 102 valence electrons. The molecule has 0 fully saturated rings. The quantitative estimate of drug-likeness (QED) is 0.622. The van der Waals surface area contributed by atoms with Crippen molar-refractivity contribution in [1.29, 1.82) is 0 Å². The van der Waals surface area contributed by atoms with Crippen LogP contribution in [0.4, 0.5) is 0 Å². The van der Waals surface area contributed by atoms with Crippen LogP contribution in [0.25, 0.3) is 0 Å². The topological polar surface area (TPSA) is 65.1 Å². The molecular formula is C13H17ClN4O. The number of rotatable bonds is 6. The highest BCUT2D eigenvalue weighted by atomic mass is 35.5. The third kappa shape index (κ3) is 3.96. The second-order valence-electron chi connectivity index (χ2n) is 4.29. The van der Waals surface area contributed by atoms with Crippen LogP contribution in [0, 0.1) is 0 Å². The summed E-state index contributed by atoms with van der Waals surface area (Å²) in [4.78, 5) is 4.26. The van der Waals surface area contributed by atoms with Gasteiger partial charge in [0, 0.05) is 30.9 Å². The van der Waals surface area contributed by atoms with E-state index in [1.807, 2.05) is 29.9 Å². The first-order valence-electron chi connectivity index (χ1n) is 5.99. The molecule has 2 rings (SSSR count). The predicted molar refractivity (Wildman–Crippen MR) is 75.0 cm³/mol. The number of nitrogens with zero attached hydrogens (tertiary/aromatic N) is 2. The van der Waals surface area contributed by atoms with E-state index in [1.165, 1.54) is 0 Å². The molecular weight excluding hydrogens is 264 g/mol. The lowest BCUT2D eigenvalue weighted by Gasteiger charge is -2.16. The van der Waals surface area contributed by atoms with Crippen molar-refractivity contribution in [3.8, 4) is 5.75 Å². The third-order valence-electron chi connectivity index (χ3n) is 2.83. The second-order valence-corrected chi connectivity index (χ2v) is 4.73. The Labute approximate surface area is 117 Å². The van der Waals surface area contributed by atoms with E-state index >= 15 is 0 Å². The minimum atomic E-state index is -0.0138. The maximum atomic E-state index is 5.90. The zero-order valence-electron chi connectivity index (χ0n) is 10.7. The van der Waals surface area contributed by atoms with Gasteiger partial charge < -0.3 is 9.30 Å². The first kappa shape index (κ1) is 13.9. The molecule has 0 bridgehead atoms. The first-order chi connectivity index (χ1) is 9.19. The van der Waals surface area contributed by atoms with Crippen molar-refractivity contribution in [2.24, 2.45) is 12.9 Å². The summed E-state index contributed by atoms with van der Waals surface area (Å²) in [6.45, 7) is 0.448. The Morgan fingerprint density at radius 3 is 3.00 bits per heavy atom. The number of hydrogen-bond acceptors (Lipinski definition) is 4. The largest absolute Gasteiger partial charge is 0.492 e. The van der Waals surface area contributed by atoms with Crippen LogP contribution in [-0.2, 0) is 13.5 Å². The van der Waals surface area contributed by atoms with Crippen LogP contribution in [0.5, 0.6) is 5.75 Å². The van der Waals surface area contributed by atoms with Gasteiger partial charge in [0.25, 0.3) is 0 Å². The van der Waals surface area contributed by atoms with Gasteiger partial charge in [-0.15, -0.1) is 0 Å². The van der Waals surface area contributed by atoms with Crippen molar-refractivity contribution in [2.45, 2.75) is 12.5 Å². The Morgan fingerprint density at radius 2 is 2.37 bits per heavy atom. The van der Waals surface area contributed by atoms with E-state index in [0.717, 1.165) is 11.6 Å². The highest BCUT2D eigenvalue weighted by molar-refractivity contribution is 6.30. The number of ether oxygens (including phenoxy) is 1. The van der Waals surface area contributed by atoms with Gasteiger partial charge in [-0.1, -0.05) is 17.7 Å². The van der Waals surface area contributed by atoms with Crippen LogP contribution < -0.4 is 16.0 Å². The maximum Gasteiger partial charge on any atom is 0.120 e. The smallest absolute Gasteiger partial charge is 0.120 e. The van der Waals surface area contributed by atoms with Crippen molar-refractivity contribution >= 4 is 11.6 Å². The summed E-state index contributed by atoms with van der Waals surface area (Å²) < 4.78 is 7.63. The number of benzene rings is 1. The summed E-state index contributed by atoms with van der Waals surface area (Å²) in [6.07, 6.45) is 4.36. The number of aromatic nitrogens is 2. The fourth-order valence-corrected chi connectivity index (χ4v) is 1.91. The highest BCUT2D eigenvalue weighted by Gasteiger charge is 2.11. The maximum absolute atomic E-state index is 5.90. The average Bonchev–Trinajstić information content (AvgIpc) is 2.80. The zero-order valence-corrected chi connectivity index (χ0v) is 11.5. The number of nitrogens with two attached hydrogens (primary N) is 1. The van der Waals surface area contributed by atoms with Crippen molar-refractivity contribution in [3.63, 3.8) is 0 Å². The molecule has 3 N–H and O–H groups in total. The zero-order chi connectivity index (χ0) is 13.7. The SMILES string of the molecule is Cn1ccnc1CC(COc1cccc(Cl)c1)NN. The Morgan fingerprint density at radius 1 is 1.53 bits per heavy atom. The number of aryl methyl sites for hydroxylation is 1. The van der Waals surface area contributed by atoms with E-state index < -0.39 is 0 Å². The molecule has 1 aromatic heterocycles. The Hall–Kier alpha value is -1.56. The summed E-state index contributed by atoms with van der Waals surface area (Å²) in [5, 5.41) is 0.652. The normalized spacial score (nSPS) is 12.4. The molecule has 1 unspecified atom stereocenters. The van der Waals surface area contributed by atoms with E-state index in [9.17, 15) is 0 Å². The van der Waals surface area contributed by atoms with Gasteiger partial charge in [-0.25, -0.2) is 4.98 Å². The van der Waals surface area contributed by atoms with Gasteiger partial charge in [0.2, 0.25) is 0 Å². The van der Waals surface area contributed by atoms with Crippen LogP contribution in [0.2, 0.25) is 5.02 Å². The first-order valence-corrected chi connectivity index (χ1v) is 6.37. The van der Waals surface area contributed by atoms with E-state index in [1.54, 1.807) is 18.3 Å². The number of imidazole rings is 1. The molecule has 19 heavy (non-hydrogen) atoms. The molecule has 1 aromatic carbocycles. The fraction of sp³-hybridized carbons (Fsp3) is 0.308. The molecule has 1 heterocycles. The monoisotopic (exact) mass is 280 g/mol. The molecule has 0 aliphatic rings. The van der Waals surface area contributed by atoms with Crippen molar-refractivity contribution in [1.82, 2.24) is 15.0 Å². The van der Waals surface area contributed by atoms with E-state index in [-0.39, 0.29) is 6.04 Å². The number of hydrogen-bond donors (Lipinski definition) is 2. The third-order valence-corrected chi connectivity index (χ3v) is 3.07. The standard InChI is InChI=1S/C13H17ClN4O/c1-18-6-5-16-13(18)8-11(17-15)9-19-12-4-2-3-10(14)7-12/h2-7,11,17H,8-9,15H2,1H3. The molecule has 5 nitrogen and oxygen atoms in total. The Balaban J connectivity index is 1.91. The number of hydrazine groups is 1. The number of nitrogens with one attached hydrogen (secondary N) is 1. The Bertz CT molecular complexity index is 529. The molecule has 0 radical (unpaired) electrons. The minimum absolute atomic E-state index is 0.0138. The summed E-state index contributed by atoms with van der Waals surface area (Å²) in [5.41, 5.74) is 2.74. The van der Waals surface area contributed by atoms with Gasteiger partial charge in [0.05, 0.1) is 6.04 Å². The van der Waals surface area contributed by atoms with Gasteiger partial charge in [-0.3, -0.25) is 11.3 Å². The molecule has 0 saturated heterocycles. The van der Waals surface area contributed by atoms with Crippen molar-refractivity contribution < 1.29 is 4.74 Å². The lowest BCUT2D eigenvalue weighted by Crippen LogP contribution is -2.41. The predicted octanol–water partition coefficient (Wildman–Crippen LogP) is 1.53. The van der Waals surface area contributed by atoms with Crippen molar-refractivity contribution in [2.75, 3.05) is 6.61 Å². The summed E-state index contributed by atoms with van der Waals surface area (Å²) in [5.74, 6) is 7.23. The molecule has 0 aliphatic heterocycles. The van der Waals surface area contributed by atoms with Crippen LogP contribution >= 0.6 is 11.6 Å². The van der Waals surface area contributed by atoms with Gasteiger partial charge in [0.15, 0.2) is 0 Å². The molecule has 0 amide bonds. The number of halogens is 1. The van der Waals surface area contributed by atoms with E-state index in [0.29, 0.717) is 18.1 Å². The van der Waals surface area contributed by atoms with Crippen molar-refractivity contribution in [3.05, 3.63) is 47.5 Å². The van der Waals surface area contributed by atoms with Crippen LogP contribution in [0.3, 0.4) is 0 Å². The Kier molecular flexibility index (Phi) is 4.79. The molecule has 2 aromatic rings. The molecule has 0 saturated carbocycles. The second kappa shape index (κ2) is 6.56. The lowest BCUT2D eigenvalue weighted by molar-refractivity contribution is 0.262. The van der Waals surface area contributed by atoms with E-state index in [2.05, 4.69) is 10.4 Å².